The molecule has 2 aliphatic rings. The van der Waals surface area contributed by atoms with Crippen molar-refractivity contribution in [1.82, 2.24) is 24.8 Å². The Bertz CT molecular complexity index is 1710. The van der Waals surface area contributed by atoms with Gasteiger partial charge in [0.05, 0.1) is 40.2 Å². The maximum atomic E-state index is 12.6. The second-order valence-corrected chi connectivity index (χ2v) is 11.8. The van der Waals surface area contributed by atoms with Crippen LogP contribution < -0.4 is 15.4 Å². The zero-order valence-corrected chi connectivity index (χ0v) is 23.7. The average Bonchev–Trinajstić information content (AvgIpc) is 3.21. The molecule has 5 N–H and O–H groups in total. The molecule has 0 bridgehead atoms. The van der Waals surface area contributed by atoms with Crippen molar-refractivity contribution in [3.63, 3.8) is 0 Å². The Balaban J connectivity index is 1.35. The number of hydrogen-bond acceptors (Lipinski definition) is 10. The lowest BCUT2D eigenvalue weighted by Crippen LogP contribution is -2.41. The summed E-state index contributed by atoms with van der Waals surface area (Å²) in [5.74, 6) is 6.62. The van der Waals surface area contributed by atoms with Crippen LogP contribution in [0.25, 0.3) is 11.2 Å². The number of phenols is 1. The number of aromatic nitrogens is 4. The van der Waals surface area contributed by atoms with Gasteiger partial charge in [-0.25, -0.2) is 15.0 Å². The third-order valence-electron chi connectivity index (χ3n) is 7.89. The number of methoxy groups -OCH3 is 1. The molecular weight excluding hydrogens is 568 g/mol. The number of fused-ring (bicyclic) bond motifs is 2. The number of carbonyl (C=O) groups excluding carboxylic acids is 1. The van der Waals surface area contributed by atoms with Gasteiger partial charge in [-0.15, -0.1) is 11.3 Å². The summed E-state index contributed by atoms with van der Waals surface area (Å²) >= 11 is 7.39. The van der Waals surface area contributed by atoms with Gasteiger partial charge in [-0.05, 0) is 54.5 Å². The second kappa shape index (κ2) is 10.5. The molecule has 0 radical (unpaired) electrons. The smallest absolute Gasteiger partial charge is 0.229 e. The highest BCUT2D eigenvalue weighted by molar-refractivity contribution is 7.16. The number of aliphatic hydroxyl groups is 2. The maximum Gasteiger partial charge on any atom is 0.229 e. The molecule has 6 rings (SSSR count). The van der Waals surface area contributed by atoms with Crippen LogP contribution in [0.5, 0.6) is 11.5 Å². The fourth-order valence-electron chi connectivity index (χ4n) is 5.80. The summed E-state index contributed by atoms with van der Waals surface area (Å²) in [5.41, 5.74) is 0.811. The molecule has 1 aromatic carbocycles. The van der Waals surface area contributed by atoms with Crippen LogP contribution >= 0.6 is 22.9 Å². The number of imidazole rings is 1. The van der Waals surface area contributed by atoms with Crippen LogP contribution in [-0.4, -0.2) is 73.7 Å². The van der Waals surface area contributed by atoms with E-state index in [2.05, 4.69) is 37.4 Å². The van der Waals surface area contributed by atoms with E-state index >= 15 is 0 Å². The van der Waals surface area contributed by atoms with E-state index in [0.717, 1.165) is 10.4 Å². The van der Waals surface area contributed by atoms with E-state index in [1.165, 1.54) is 25.5 Å². The number of amides is 1. The summed E-state index contributed by atoms with van der Waals surface area (Å²) in [6, 6.07) is 8.15. The zero-order valence-electron chi connectivity index (χ0n) is 22.1. The molecule has 11 nitrogen and oxygen atoms in total. The molecule has 212 valence electrons. The van der Waals surface area contributed by atoms with E-state index < -0.39 is 23.7 Å². The lowest BCUT2D eigenvalue weighted by atomic mass is 9.98. The van der Waals surface area contributed by atoms with Crippen LogP contribution in [0.1, 0.15) is 28.7 Å². The number of benzene rings is 1. The van der Waals surface area contributed by atoms with E-state index in [1.807, 2.05) is 12.1 Å². The topological polar surface area (TPSA) is 155 Å². The second-order valence-electron chi connectivity index (χ2n) is 10.1. The number of aromatic hydroxyl groups is 1. The van der Waals surface area contributed by atoms with Crippen LogP contribution in [-0.2, 0) is 11.2 Å². The molecule has 0 spiro atoms. The first kappa shape index (κ1) is 27.3. The number of carbonyl (C=O) groups is 1. The van der Waals surface area contributed by atoms with E-state index in [9.17, 15) is 20.1 Å². The summed E-state index contributed by atoms with van der Waals surface area (Å²) in [6.45, 7) is 0.480. The summed E-state index contributed by atoms with van der Waals surface area (Å²) in [4.78, 5) is 27.2. The molecule has 2 fully saturated rings. The maximum absolute atomic E-state index is 12.6. The van der Waals surface area contributed by atoms with Crippen LogP contribution in [0, 0.1) is 23.2 Å². The van der Waals surface area contributed by atoms with Gasteiger partial charge in [0.15, 0.2) is 28.5 Å². The van der Waals surface area contributed by atoms with Crippen molar-refractivity contribution in [1.29, 1.82) is 0 Å². The Kier molecular flexibility index (Phi) is 6.99. The minimum absolute atomic E-state index is 0.0674. The Hall–Kier alpha value is -3.89. The van der Waals surface area contributed by atoms with Crippen molar-refractivity contribution in [2.45, 2.75) is 31.1 Å². The van der Waals surface area contributed by atoms with Gasteiger partial charge in [0.2, 0.25) is 11.7 Å². The highest BCUT2D eigenvalue weighted by Crippen LogP contribution is 2.67. The number of nitrogens with one attached hydrogen (secondary N) is 2. The predicted octanol–water partition coefficient (Wildman–Crippen LogP) is 2.34. The highest BCUT2D eigenvalue weighted by atomic mass is 35.5. The van der Waals surface area contributed by atoms with Gasteiger partial charge < -0.3 is 35.3 Å². The van der Waals surface area contributed by atoms with Gasteiger partial charge in [0, 0.05) is 19.5 Å². The first-order chi connectivity index (χ1) is 19.8. The number of aliphatic hydroxyl groups excluding tert-OH is 2. The minimum Gasteiger partial charge on any atom is -0.504 e. The molecule has 0 unspecified atom stereocenters. The number of ether oxygens (including phenoxy) is 1. The van der Waals surface area contributed by atoms with Gasteiger partial charge in [-0.1, -0.05) is 17.7 Å². The van der Waals surface area contributed by atoms with Crippen molar-refractivity contribution in [3.05, 3.63) is 57.3 Å². The van der Waals surface area contributed by atoms with Crippen LogP contribution in [0.4, 0.5) is 5.82 Å². The van der Waals surface area contributed by atoms with Gasteiger partial charge in [0.25, 0.3) is 0 Å². The molecule has 0 saturated heterocycles. The van der Waals surface area contributed by atoms with Gasteiger partial charge in [0.1, 0.15) is 6.10 Å². The number of halogens is 1. The predicted molar refractivity (Wildman–Crippen MR) is 153 cm³/mol. The summed E-state index contributed by atoms with van der Waals surface area (Å²) in [5, 5.41) is 37.7. The number of anilines is 1. The summed E-state index contributed by atoms with van der Waals surface area (Å²) in [7, 11) is 3.02. The third kappa shape index (κ3) is 4.64. The molecule has 2 saturated carbocycles. The van der Waals surface area contributed by atoms with Gasteiger partial charge >= 0.3 is 0 Å². The van der Waals surface area contributed by atoms with E-state index in [4.69, 9.17) is 16.3 Å². The minimum atomic E-state index is -1.21. The Labute approximate surface area is 244 Å². The van der Waals surface area contributed by atoms with E-state index in [0.29, 0.717) is 46.5 Å². The fraction of sp³-hybridized carbons (Fsp3) is 0.357. The number of phenolic OH excluding ortho intramolecular Hbond substituents is 1. The van der Waals surface area contributed by atoms with Crippen molar-refractivity contribution < 1.29 is 24.9 Å². The molecule has 1 amide bonds. The van der Waals surface area contributed by atoms with Crippen LogP contribution in [0.15, 0.2) is 36.7 Å². The summed E-state index contributed by atoms with van der Waals surface area (Å²) in [6.07, 6.45) is 0.223. The Morgan fingerprint density at radius 2 is 2.10 bits per heavy atom. The molecule has 13 heteroatoms. The molecule has 4 aromatic rings. The van der Waals surface area contributed by atoms with Crippen molar-refractivity contribution >= 4 is 45.8 Å². The third-order valence-corrected chi connectivity index (χ3v) is 9.03. The lowest BCUT2D eigenvalue weighted by Gasteiger charge is -2.23. The number of hydrogen-bond donors (Lipinski definition) is 5. The van der Waals surface area contributed by atoms with E-state index in [-0.39, 0.29) is 23.4 Å². The number of nitrogens with zero attached hydrogens (tertiary/aromatic N) is 4. The van der Waals surface area contributed by atoms with Gasteiger partial charge in [-0.3, -0.25) is 4.79 Å². The SMILES string of the molecule is CNC(=O)[C@@]12C[C@@H]1[C@@H](n1cnc3c(NCCc4ccc(O)c(OC)c4)nc(C#Cc4ccc(Cl)s4)nc31)[C@H](O)[C@@H]2O. The number of thiophene rings is 1. The molecule has 2 aliphatic carbocycles. The van der Waals surface area contributed by atoms with Crippen molar-refractivity contribution in [2.24, 2.45) is 11.3 Å². The van der Waals surface area contributed by atoms with Crippen LogP contribution in [0.3, 0.4) is 0 Å². The molecule has 41 heavy (non-hydrogen) atoms. The monoisotopic (exact) mass is 594 g/mol. The fourth-order valence-corrected chi connectivity index (χ4v) is 6.70. The first-order valence-corrected chi connectivity index (χ1v) is 14.2. The zero-order chi connectivity index (χ0) is 28.9. The molecule has 3 aromatic heterocycles. The normalized spacial score (nSPS) is 24.4. The standard InChI is InChI=1S/C28H27ClN6O5S/c1-30-27(39)28-12-16(28)22(23(37)24(28)38)35-13-32-21-25(31-10-9-14-3-6-17(36)18(11-14)40-2)33-20(34-26(21)35)8-5-15-4-7-19(29)41-15/h3-4,6-7,11,13,16,22-24,36-38H,9-10,12H2,1-2H3,(H,30,39)(H,31,33,34)/t16-,22-,23+,24+,28+/m1/s1. The van der Waals surface area contributed by atoms with Crippen LogP contribution in [0.2, 0.25) is 4.34 Å². The average molecular weight is 595 g/mol. The number of rotatable bonds is 7. The molecular formula is C28H27ClN6O5S. The molecule has 3 heterocycles. The Morgan fingerprint density at radius 3 is 2.83 bits per heavy atom. The molecule has 5 atom stereocenters. The molecule has 0 aliphatic heterocycles. The lowest BCUT2D eigenvalue weighted by molar-refractivity contribution is -0.132. The van der Waals surface area contributed by atoms with Crippen molar-refractivity contribution in [3.8, 4) is 23.3 Å². The highest BCUT2D eigenvalue weighted by Gasteiger charge is 2.75. The first-order valence-electron chi connectivity index (χ1n) is 13.0. The largest absolute Gasteiger partial charge is 0.504 e. The van der Waals surface area contributed by atoms with E-state index in [1.54, 1.807) is 29.1 Å². The Morgan fingerprint density at radius 1 is 1.27 bits per heavy atom. The quantitative estimate of drug-likeness (QED) is 0.203. The summed E-state index contributed by atoms with van der Waals surface area (Å²) < 4.78 is 7.55. The van der Waals surface area contributed by atoms with Gasteiger partial charge in [-0.2, -0.15) is 0 Å². The van der Waals surface area contributed by atoms with Crippen molar-refractivity contribution in [2.75, 3.05) is 26.0 Å².